The van der Waals surface area contributed by atoms with E-state index < -0.39 is 0 Å². The Morgan fingerprint density at radius 2 is 1.75 bits per heavy atom. The molecular weight excluding hydrogens is 250 g/mol. The number of benzene rings is 1. The van der Waals surface area contributed by atoms with Gasteiger partial charge in [-0.15, -0.1) is 10.2 Å². The highest BCUT2D eigenvalue weighted by Crippen LogP contribution is 2.25. The first kappa shape index (κ1) is 14.7. The molecule has 4 heteroatoms. The van der Waals surface area contributed by atoms with Gasteiger partial charge in [0.1, 0.15) is 6.61 Å². The summed E-state index contributed by atoms with van der Waals surface area (Å²) < 4.78 is 1.99. The first-order chi connectivity index (χ1) is 9.47. The predicted molar refractivity (Wildman–Crippen MR) is 80.4 cm³/mol. The zero-order valence-electron chi connectivity index (χ0n) is 12.7. The fourth-order valence-electron chi connectivity index (χ4n) is 2.24. The Morgan fingerprint density at radius 1 is 1.10 bits per heavy atom. The maximum atomic E-state index is 9.33. The average molecular weight is 273 g/mol. The third kappa shape index (κ3) is 2.90. The van der Waals surface area contributed by atoms with Gasteiger partial charge in [-0.2, -0.15) is 0 Å². The van der Waals surface area contributed by atoms with Crippen LogP contribution in [-0.2, 0) is 18.6 Å². The van der Waals surface area contributed by atoms with E-state index in [9.17, 15) is 5.11 Å². The van der Waals surface area contributed by atoms with Gasteiger partial charge in [0.05, 0.1) is 0 Å². The van der Waals surface area contributed by atoms with Gasteiger partial charge in [-0.3, -0.25) is 0 Å². The van der Waals surface area contributed by atoms with Crippen LogP contribution in [0.3, 0.4) is 0 Å². The number of aliphatic hydroxyl groups is 1. The molecule has 0 aliphatic rings. The monoisotopic (exact) mass is 273 g/mol. The second-order valence-electron chi connectivity index (χ2n) is 6.08. The molecule has 0 fully saturated rings. The molecule has 1 N–H and O–H groups in total. The van der Waals surface area contributed by atoms with Crippen molar-refractivity contribution >= 4 is 0 Å². The highest BCUT2D eigenvalue weighted by molar-refractivity contribution is 5.56. The number of hydrogen-bond acceptors (Lipinski definition) is 3. The van der Waals surface area contributed by atoms with Gasteiger partial charge in [-0.1, -0.05) is 52.0 Å². The molecular formula is C16H23N3O. The van der Waals surface area contributed by atoms with Crippen LogP contribution in [0.2, 0.25) is 0 Å². The van der Waals surface area contributed by atoms with Crippen molar-refractivity contribution in [1.29, 1.82) is 0 Å². The molecule has 2 rings (SSSR count). The summed E-state index contributed by atoms with van der Waals surface area (Å²) in [5.74, 6) is 1.46. The number of aromatic nitrogens is 3. The largest absolute Gasteiger partial charge is 0.388 e. The summed E-state index contributed by atoms with van der Waals surface area (Å²) in [5, 5.41) is 17.6. The lowest BCUT2D eigenvalue weighted by atomic mass is 9.87. The van der Waals surface area contributed by atoms with Gasteiger partial charge in [-0.25, -0.2) is 0 Å². The topological polar surface area (TPSA) is 50.9 Å². The van der Waals surface area contributed by atoms with Crippen LogP contribution >= 0.6 is 0 Å². The lowest BCUT2D eigenvalue weighted by molar-refractivity contribution is 0.264. The Hall–Kier alpha value is -1.68. The molecule has 0 spiro atoms. The maximum absolute atomic E-state index is 9.33. The molecule has 0 atom stereocenters. The fourth-order valence-corrected chi connectivity index (χ4v) is 2.24. The standard InChI is InChI=1S/C16H23N3O/c1-5-10-19-14(11-20)17-18-15(19)12-6-8-13(9-7-12)16(2,3)4/h6-9,20H,5,10-11H2,1-4H3. The molecule has 1 heterocycles. The molecule has 1 aromatic heterocycles. The summed E-state index contributed by atoms with van der Waals surface area (Å²) in [6.45, 7) is 9.45. The van der Waals surface area contributed by atoms with Crippen LogP contribution in [0, 0.1) is 0 Å². The first-order valence-electron chi connectivity index (χ1n) is 7.11. The summed E-state index contributed by atoms with van der Waals surface area (Å²) in [7, 11) is 0. The average Bonchev–Trinajstić information content (AvgIpc) is 2.81. The van der Waals surface area contributed by atoms with E-state index in [1.807, 2.05) is 4.57 Å². The Balaban J connectivity index is 2.39. The third-order valence-electron chi connectivity index (χ3n) is 3.43. The quantitative estimate of drug-likeness (QED) is 0.931. The lowest BCUT2D eigenvalue weighted by Crippen LogP contribution is -2.10. The molecule has 0 aliphatic carbocycles. The summed E-state index contributed by atoms with van der Waals surface area (Å²) in [6.07, 6.45) is 0.984. The molecule has 0 amide bonds. The molecule has 108 valence electrons. The Labute approximate surface area is 120 Å². The summed E-state index contributed by atoms with van der Waals surface area (Å²) in [4.78, 5) is 0. The van der Waals surface area contributed by atoms with Crippen molar-refractivity contribution in [3.63, 3.8) is 0 Å². The van der Waals surface area contributed by atoms with Gasteiger partial charge in [0.15, 0.2) is 11.6 Å². The smallest absolute Gasteiger partial charge is 0.164 e. The van der Waals surface area contributed by atoms with Crippen molar-refractivity contribution in [2.24, 2.45) is 0 Å². The maximum Gasteiger partial charge on any atom is 0.164 e. The van der Waals surface area contributed by atoms with Crippen LogP contribution < -0.4 is 0 Å². The van der Waals surface area contributed by atoms with Crippen molar-refractivity contribution in [3.8, 4) is 11.4 Å². The summed E-state index contributed by atoms with van der Waals surface area (Å²) in [5.41, 5.74) is 2.48. The third-order valence-corrected chi connectivity index (χ3v) is 3.43. The van der Waals surface area contributed by atoms with Crippen LogP contribution in [0.4, 0.5) is 0 Å². The van der Waals surface area contributed by atoms with Gasteiger partial charge < -0.3 is 9.67 Å². The minimum absolute atomic E-state index is 0.0763. The molecule has 0 saturated carbocycles. The first-order valence-corrected chi connectivity index (χ1v) is 7.11. The fraction of sp³-hybridized carbons (Fsp3) is 0.500. The number of hydrogen-bond donors (Lipinski definition) is 1. The van der Waals surface area contributed by atoms with E-state index in [2.05, 4.69) is 62.2 Å². The van der Waals surface area contributed by atoms with E-state index in [0.717, 1.165) is 24.4 Å². The van der Waals surface area contributed by atoms with Crippen molar-refractivity contribution in [3.05, 3.63) is 35.7 Å². The Bertz CT molecular complexity index is 564. The number of rotatable bonds is 4. The van der Waals surface area contributed by atoms with Crippen LogP contribution in [0.1, 0.15) is 45.5 Å². The van der Waals surface area contributed by atoms with E-state index in [-0.39, 0.29) is 12.0 Å². The van der Waals surface area contributed by atoms with Crippen LogP contribution in [0.15, 0.2) is 24.3 Å². The minimum atomic E-state index is -0.0763. The van der Waals surface area contributed by atoms with Crippen molar-refractivity contribution in [2.75, 3.05) is 0 Å². The number of aliphatic hydroxyl groups excluding tert-OH is 1. The lowest BCUT2D eigenvalue weighted by Gasteiger charge is -2.19. The molecule has 2 aromatic rings. The second-order valence-corrected chi connectivity index (χ2v) is 6.08. The zero-order chi connectivity index (χ0) is 14.8. The molecule has 0 unspecified atom stereocenters. The second kappa shape index (κ2) is 5.75. The Morgan fingerprint density at radius 3 is 2.25 bits per heavy atom. The van der Waals surface area contributed by atoms with Crippen molar-refractivity contribution in [2.45, 2.75) is 52.7 Å². The van der Waals surface area contributed by atoms with E-state index in [1.54, 1.807) is 0 Å². The highest BCUT2D eigenvalue weighted by Gasteiger charge is 2.16. The molecule has 0 radical (unpaired) electrons. The molecule has 1 aromatic carbocycles. The molecule has 4 nitrogen and oxygen atoms in total. The molecule has 0 aliphatic heterocycles. The van der Waals surface area contributed by atoms with Crippen LogP contribution in [0.5, 0.6) is 0 Å². The van der Waals surface area contributed by atoms with Gasteiger partial charge in [0.25, 0.3) is 0 Å². The van der Waals surface area contributed by atoms with Crippen molar-refractivity contribution < 1.29 is 5.11 Å². The number of nitrogens with zero attached hydrogens (tertiary/aromatic N) is 3. The summed E-state index contributed by atoms with van der Waals surface area (Å²) >= 11 is 0. The minimum Gasteiger partial charge on any atom is -0.388 e. The SMILES string of the molecule is CCCn1c(CO)nnc1-c1ccc(C(C)(C)C)cc1. The van der Waals surface area contributed by atoms with E-state index >= 15 is 0 Å². The predicted octanol–water partition coefficient (Wildman–Crippen LogP) is 3.14. The van der Waals surface area contributed by atoms with Gasteiger partial charge in [0, 0.05) is 12.1 Å². The van der Waals surface area contributed by atoms with Gasteiger partial charge in [-0.05, 0) is 17.4 Å². The normalized spacial score (nSPS) is 11.8. The zero-order valence-corrected chi connectivity index (χ0v) is 12.7. The van der Waals surface area contributed by atoms with E-state index in [0.29, 0.717) is 5.82 Å². The van der Waals surface area contributed by atoms with Crippen molar-refractivity contribution in [1.82, 2.24) is 14.8 Å². The van der Waals surface area contributed by atoms with E-state index in [1.165, 1.54) is 5.56 Å². The Kier molecular flexibility index (Phi) is 4.23. The van der Waals surface area contributed by atoms with Gasteiger partial charge >= 0.3 is 0 Å². The molecule has 0 bridgehead atoms. The van der Waals surface area contributed by atoms with Crippen LogP contribution in [0.25, 0.3) is 11.4 Å². The van der Waals surface area contributed by atoms with Crippen LogP contribution in [-0.4, -0.2) is 19.9 Å². The van der Waals surface area contributed by atoms with E-state index in [4.69, 9.17) is 0 Å². The molecule has 20 heavy (non-hydrogen) atoms. The summed E-state index contributed by atoms with van der Waals surface area (Å²) in [6, 6.07) is 8.44. The van der Waals surface area contributed by atoms with Gasteiger partial charge in [0.2, 0.25) is 0 Å². The highest BCUT2D eigenvalue weighted by atomic mass is 16.3. The molecule has 0 saturated heterocycles.